The predicted molar refractivity (Wildman–Crippen MR) is 131 cm³/mol. The lowest BCUT2D eigenvalue weighted by Crippen LogP contribution is -2.52. The molecule has 0 bridgehead atoms. The summed E-state index contributed by atoms with van der Waals surface area (Å²) >= 11 is 0. The summed E-state index contributed by atoms with van der Waals surface area (Å²) in [6, 6.07) is 9.99. The van der Waals surface area contributed by atoms with Gasteiger partial charge < -0.3 is 9.80 Å². The lowest BCUT2D eigenvalue weighted by molar-refractivity contribution is -0.133. The van der Waals surface area contributed by atoms with Gasteiger partial charge in [-0.3, -0.25) is 19.5 Å². The molecule has 2 fully saturated rings. The standard InChI is InChI=1S/C27H34N4O2/c1-21-5-3-6-22(2)25(21)9-8-23-10-13-30(14-11-23)26(32)20-29-15-17-31(18-16-29)27(33)24-7-4-12-28-19-24/h3-9,12,19,23H,10-11,13-18,20H2,1-2H3. The highest BCUT2D eigenvalue weighted by Gasteiger charge is 2.26. The number of nitrogens with zero attached hydrogens (tertiary/aromatic N) is 4. The van der Waals surface area contributed by atoms with Crippen molar-refractivity contribution in [2.45, 2.75) is 26.7 Å². The maximum absolute atomic E-state index is 12.9. The largest absolute Gasteiger partial charge is 0.342 e. The minimum absolute atomic E-state index is 0.0186. The molecule has 0 N–H and O–H groups in total. The van der Waals surface area contributed by atoms with E-state index in [0.717, 1.165) is 39.0 Å². The summed E-state index contributed by atoms with van der Waals surface area (Å²) in [4.78, 5) is 35.5. The summed E-state index contributed by atoms with van der Waals surface area (Å²) in [5.41, 5.74) is 4.55. The van der Waals surface area contributed by atoms with Crippen LogP contribution in [0.4, 0.5) is 0 Å². The Labute approximate surface area is 196 Å². The highest BCUT2D eigenvalue weighted by atomic mass is 16.2. The number of hydrogen-bond acceptors (Lipinski definition) is 4. The molecule has 0 saturated carbocycles. The average Bonchev–Trinajstić information content (AvgIpc) is 2.84. The van der Waals surface area contributed by atoms with Crippen LogP contribution in [0.1, 0.15) is 39.9 Å². The Morgan fingerprint density at radius 3 is 2.27 bits per heavy atom. The number of amides is 2. The summed E-state index contributed by atoms with van der Waals surface area (Å²) in [7, 11) is 0. The molecule has 0 unspecified atom stereocenters. The molecule has 2 aliphatic heterocycles. The topological polar surface area (TPSA) is 56.8 Å². The van der Waals surface area contributed by atoms with Crippen molar-refractivity contribution in [3.63, 3.8) is 0 Å². The number of piperazine rings is 1. The minimum Gasteiger partial charge on any atom is -0.342 e. The van der Waals surface area contributed by atoms with Crippen molar-refractivity contribution in [1.82, 2.24) is 19.7 Å². The molecule has 0 spiro atoms. The molecule has 1 aromatic carbocycles. The number of rotatable bonds is 5. The third kappa shape index (κ3) is 5.88. The van der Waals surface area contributed by atoms with E-state index in [1.807, 2.05) is 9.80 Å². The van der Waals surface area contributed by atoms with Gasteiger partial charge in [-0.05, 0) is 61.4 Å². The first-order valence-corrected chi connectivity index (χ1v) is 11.9. The van der Waals surface area contributed by atoms with Gasteiger partial charge in [0.1, 0.15) is 0 Å². The van der Waals surface area contributed by atoms with Crippen LogP contribution in [0.2, 0.25) is 0 Å². The number of hydrogen-bond donors (Lipinski definition) is 0. The number of carbonyl (C=O) groups is 2. The van der Waals surface area contributed by atoms with Gasteiger partial charge in [-0.25, -0.2) is 0 Å². The fourth-order valence-corrected chi connectivity index (χ4v) is 4.74. The van der Waals surface area contributed by atoms with Gasteiger partial charge >= 0.3 is 0 Å². The van der Waals surface area contributed by atoms with Gasteiger partial charge in [0.05, 0.1) is 12.1 Å². The zero-order chi connectivity index (χ0) is 23.2. The quantitative estimate of drug-likeness (QED) is 0.706. The second-order valence-corrected chi connectivity index (χ2v) is 9.19. The fourth-order valence-electron chi connectivity index (χ4n) is 4.74. The van der Waals surface area contributed by atoms with Crippen molar-refractivity contribution in [2.24, 2.45) is 5.92 Å². The molecule has 2 amide bonds. The number of likely N-dealkylation sites (tertiary alicyclic amines) is 1. The Bertz CT molecular complexity index is 968. The van der Waals surface area contributed by atoms with Gasteiger partial charge in [0.15, 0.2) is 0 Å². The smallest absolute Gasteiger partial charge is 0.255 e. The Balaban J connectivity index is 1.21. The van der Waals surface area contributed by atoms with Crippen LogP contribution in [-0.2, 0) is 4.79 Å². The third-order valence-corrected chi connectivity index (χ3v) is 6.90. The molecule has 1 aromatic heterocycles. The predicted octanol–water partition coefficient (Wildman–Crippen LogP) is 3.41. The zero-order valence-electron chi connectivity index (χ0n) is 19.7. The number of benzene rings is 1. The number of carbonyl (C=O) groups excluding carboxylic acids is 2. The Kier molecular flexibility index (Phi) is 7.55. The van der Waals surface area contributed by atoms with Crippen molar-refractivity contribution in [3.8, 4) is 0 Å². The minimum atomic E-state index is 0.0186. The summed E-state index contributed by atoms with van der Waals surface area (Å²) in [5.74, 6) is 0.749. The van der Waals surface area contributed by atoms with Crippen LogP contribution < -0.4 is 0 Å². The average molecular weight is 447 g/mol. The van der Waals surface area contributed by atoms with E-state index in [-0.39, 0.29) is 11.8 Å². The van der Waals surface area contributed by atoms with Crippen molar-refractivity contribution in [1.29, 1.82) is 0 Å². The van der Waals surface area contributed by atoms with Crippen LogP contribution in [0.25, 0.3) is 6.08 Å². The Morgan fingerprint density at radius 1 is 0.939 bits per heavy atom. The number of pyridine rings is 1. The lowest BCUT2D eigenvalue weighted by atomic mass is 9.94. The van der Waals surface area contributed by atoms with Crippen LogP contribution in [0.15, 0.2) is 48.8 Å². The van der Waals surface area contributed by atoms with Gasteiger partial charge in [-0.15, -0.1) is 0 Å². The molecule has 4 rings (SSSR count). The summed E-state index contributed by atoms with van der Waals surface area (Å²) in [5, 5.41) is 0. The van der Waals surface area contributed by atoms with E-state index in [1.165, 1.54) is 16.7 Å². The van der Waals surface area contributed by atoms with Crippen LogP contribution in [-0.4, -0.2) is 77.3 Å². The highest BCUT2D eigenvalue weighted by molar-refractivity contribution is 5.94. The molecule has 2 saturated heterocycles. The molecule has 6 nitrogen and oxygen atoms in total. The maximum Gasteiger partial charge on any atom is 0.255 e. The molecule has 2 aliphatic rings. The van der Waals surface area contributed by atoms with Crippen molar-refractivity contribution in [2.75, 3.05) is 45.8 Å². The van der Waals surface area contributed by atoms with Crippen LogP contribution in [0, 0.1) is 19.8 Å². The van der Waals surface area contributed by atoms with E-state index in [4.69, 9.17) is 0 Å². The number of piperidine rings is 1. The molecule has 0 aliphatic carbocycles. The van der Waals surface area contributed by atoms with Crippen molar-refractivity contribution < 1.29 is 9.59 Å². The summed E-state index contributed by atoms with van der Waals surface area (Å²) < 4.78 is 0. The van der Waals surface area contributed by atoms with E-state index in [1.54, 1.807) is 24.5 Å². The first kappa shape index (κ1) is 23.2. The van der Waals surface area contributed by atoms with Crippen LogP contribution in [0.5, 0.6) is 0 Å². The van der Waals surface area contributed by atoms with Crippen LogP contribution in [0.3, 0.4) is 0 Å². The molecule has 0 atom stereocenters. The molecule has 0 radical (unpaired) electrons. The first-order valence-electron chi connectivity index (χ1n) is 11.9. The number of aryl methyl sites for hydroxylation is 2. The molecular formula is C27H34N4O2. The SMILES string of the molecule is Cc1cccc(C)c1C=CC1CCN(C(=O)CN2CCN(C(=O)c3cccnc3)CC2)CC1. The second kappa shape index (κ2) is 10.8. The van der Waals surface area contributed by atoms with Gasteiger partial charge in [-0.2, -0.15) is 0 Å². The number of aromatic nitrogens is 1. The van der Waals surface area contributed by atoms with E-state index in [9.17, 15) is 9.59 Å². The molecule has 33 heavy (non-hydrogen) atoms. The molecule has 3 heterocycles. The molecule has 6 heteroatoms. The normalized spacial score (nSPS) is 18.1. The van der Waals surface area contributed by atoms with E-state index in [2.05, 4.69) is 54.1 Å². The lowest BCUT2D eigenvalue weighted by Gasteiger charge is -2.36. The van der Waals surface area contributed by atoms with Gasteiger partial charge in [0.2, 0.25) is 5.91 Å². The molecule has 174 valence electrons. The molecular weight excluding hydrogens is 412 g/mol. The third-order valence-electron chi connectivity index (χ3n) is 6.90. The van der Waals surface area contributed by atoms with Crippen molar-refractivity contribution >= 4 is 17.9 Å². The summed E-state index contributed by atoms with van der Waals surface area (Å²) in [6.45, 7) is 9.14. The van der Waals surface area contributed by atoms with Crippen molar-refractivity contribution in [3.05, 3.63) is 71.1 Å². The summed E-state index contributed by atoms with van der Waals surface area (Å²) in [6.07, 6.45) is 9.90. The fraction of sp³-hybridized carbons (Fsp3) is 0.444. The van der Waals surface area contributed by atoms with Gasteiger partial charge in [-0.1, -0.05) is 30.4 Å². The Morgan fingerprint density at radius 2 is 1.64 bits per heavy atom. The van der Waals surface area contributed by atoms with E-state index in [0.29, 0.717) is 31.1 Å². The number of allylic oxidation sites excluding steroid dienone is 1. The maximum atomic E-state index is 12.9. The monoisotopic (exact) mass is 446 g/mol. The van der Waals surface area contributed by atoms with Crippen LogP contribution >= 0.6 is 0 Å². The second-order valence-electron chi connectivity index (χ2n) is 9.19. The zero-order valence-corrected chi connectivity index (χ0v) is 19.7. The van der Waals surface area contributed by atoms with E-state index >= 15 is 0 Å². The molecule has 2 aromatic rings. The first-order chi connectivity index (χ1) is 16.0. The highest BCUT2D eigenvalue weighted by Crippen LogP contribution is 2.22. The van der Waals surface area contributed by atoms with Gasteiger partial charge in [0, 0.05) is 51.7 Å². The Hall–Kier alpha value is -2.99. The van der Waals surface area contributed by atoms with E-state index < -0.39 is 0 Å². The van der Waals surface area contributed by atoms with Gasteiger partial charge in [0.25, 0.3) is 5.91 Å².